The first-order chi connectivity index (χ1) is 14.7. The fraction of sp³-hybridized carbons (Fsp3) is 0.200. The zero-order valence-corrected chi connectivity index (χ0v) is 16.5. The van der Waals surface area contributed by atoms with Gasteiger partial charge in [-0.1, -0.05) is 60.7 Å². The molecule has 0 radical (unpaired) electrons. The number of anilines is 1. The van der Waals surface area contributed by atoms with Gasteiger partial charge in [-0.2, -0.15) is 0 Å². The molecule has 1 aliphatic rings. The van der Waals surface area contributed by atoms with Crippen LogP contribution in [0.4, 0.5) is 5.69 Å². The van der Waals surface area contributed by atoms with Gasteiger partial charge in [0, 0.05) is 5.69 Å². The van der Waals surface area contributed by atoms with Gasteiger partial charge in [-0.3, -0.25) is 9.59 Å². The quantitative estimate of drug-likeness (QED) is 0.565. The molecule has 4 rings (SSSR count). The molecule has 1 N–H and O–H groups in total. The molecule has 3 aromatic rings. The first-order valence-corrected chi connectivity index (χ1v) is 9.95. The minimum Gasteiger partial charge on any atom is -0.489 e. The molecular weight excluding hydrogens is 378 g/mol. The smallest absolute Gasteiger partial charge is 0.317 e. The molecule has 0 bridgehead atoms. The molecule has 0 atom stereocenters. The van der Waals surface area contributed by atoms with Crippen molar-refractivity contribution in [1.82, 2.24) is 0 Å². The number of hydrogen-bond donors (Lipinski definition) is 1. The van der Waals surface area contributed by atoms with Crippen molar-refractivity contribution in [2.45, 2.75) is 24.9 Å². The summed E-state index contributed by atoms with van der Waals surface area (Å²) in [4.78, 5) is 24.7. The second kappa shape index (κ2) is 8.82. The van der Waals surface area contributed by atoms with Crippen LogP contribution in [-0.2, 0) is 26.3 Å². The summed E-state index contributed by atoms with van der Waals surface area (Å²) in [7, 11) is 0. The number of ether oxygens (including phenoxy) is 2. The Kier molecular flexibility index (Phi) is 5.80. The van der Waals surface area contributed by atoms with Crippen LogP contribution in [0.2, 0.25) is 0 Å². The number of nitrogens with one attached hydrogen (secondary N) is 1. The Labute approximate surface area is 175 Å². The zero-order chi connectivity index (χ0) is 20.8. The molecule has 152 valence electrons. The molecule has 5 heteroatoms. The Morgan fingerprint density at radius 2 is 1.47 bits per heavy atom. The highest BCUT2D eigenvalue weighted by molar-refractivity contribution is 5.94. The molecule has 5 nitrogen and oxygen atoms in total. The maximum atomic E-state index is 12.5. The van der Waals surface area contributed by atoms with Crippen molar-refractivity contribution < 1.29 is 19.1 Å². The summed E-state index contributed by atoms with van der Waals surface area (Å²) in [5.74, 6) is 0.000455. The zero-order valence-electron chi connectivity index (χ0n) is 16.5. The van der Waals surface area contributed by atoms with Crippen LogP contribution in [0.5, 0.6) is 5.75 Å². The number of esters is 1. The summed E-state index contributed by atoms with van der Waals surface area (Å²) in [6.07, 6.45) is 1.50. The summed E-state index contributed by atoms with van der Waals surface area (Å²) < 4.78 is 11.0. The van der Waals surface area contributed by atoms with E-state index in [9.17, 15) is 9.59 Å². The molecular formula is C25H23NO4. The van der Waals surface area contributed by atoms with Gasteiger partial charge < -0.3 is 14.8 Å². The van der Waals surface area contributed by atoms with Crippen LogP contribution >= 0.6 is 0 Å². The third kappa shape index (κ3) is 4.69. The van der Waals surface area contributed by atoms with Gasteiger partial charge in [0.2, 0.25) is 0 Å². The van der Waals surface area contributed by atoms with Gasteiger partial charge in [0.15, 0.2) is 6.61 Å². The Morgan fingerprint density at radius 1 is 0.833 bits per heavy atom. The van der Waals surface area contributed by atoms with Crippen LogP contribution in [-0.4, -0.2) is 18.5 Å². The number of hydrogen-bond acceptors (Lipinski definition) is 4. The highest BCUT2D eigenvalue weighted by Crippen LogP contribution is 2.49. The topological polar surface area (TPSA) is 64.6 Å². The van der Waals surface area contributed by atoms with Crippen LogP contribution < -0.4 is 10.1 Å². The van der Waals surface area contributed by atoms with Gasteiger partial charge in [0.1, 0.15) is 12.4 Å². The van der Waals surface area contributed by atoms with E-state index in [4.69, 9.17) is 9.47 Å². The molecule has 0 aliphatic heterocycles. The third-order valence-corrected chi connectivity index (χ3v) is 5.19. The van der Waals surface area contributed by atoms with Crippen LogP contribution in [0.1, 0.15) is 24.0 Å². The second-order valence-electron chi connectivity index (χ2n) is 7.37. The minimum absolute atomic E-state index is 0.306. The van der Waals surface area contributed by atoms with E-state index in [2.05, 4.69) is 5.32 Å². The Hall–Kier alpha value is -3.60. The van der Waals surface area contributed by atoms with Crippen molar-refractivity contribution in [3.8, 4) is 5.75 Å². The standard InChI is InChI=1S/C25H23NO4/c27-23(18-30-24(28)25(15-16-25)20-9-5-2-6-10-20)26-21-11-13-22(14-12-21)29-17-19-7-3-1-4-8-19/h1-14H,15-18H2,(H,26,27). The molecule has 0 heterocycles. The molecule has 0 saturated heterocycles. The first kappa shape index (κ1) is 19.7. The molecule has 1 amide bonds. The van der Waals surface area contributed by atoms with Gasteiger partial charge in [0.25, 0.3) is 5.91 Å². The lowest BCUT2D eigenvalue weighted by Crippen LogP contribution is -2.28. The lowest BCUT2D eigenvalue weighted by atomic mass is 9.96. The monoisotopic (exact) mass is 401 g/mol. The van der Waals surface area contributed by atoms with Gasteiger partial charge in [-0.15, -0.1) is 0 Å². The van der Waals surface area contributed by atoms with Gasteiger partial charge >= 0.3 is 5.97 Å². The predicted molar refractivity (Wildman–Crippen MR) is 114 cm³/mol. The SMILES string of the molecule is O=C(COC(=O)C1(c2ccccc2)CC1)Nc1ccc(OCc2ccccc2)cc1. The number of carbonyl (C=O) groups excluding carboxylic acids is 2. The number of rotatable bonds is 8. The third-order valence-electron chi connectivity index (χ3n) is 5.19. The summed E-state index contributed by atoms with van der Waals surface area (Å²) >= 11 is 0. The lowest BCUT2D eigenvalue weighted by Gasteiger charge is -2.14. The average molecular weight is 401 g/mol. The Balaban J connectivity index is 1.25. The number of benzene rings is 3. The van der Waals surface area contributed by atoms with Crippen LogP contribution in [0.3, 0.4) is 0 Å². The van der Waals surface area contributed by atoms with E-state index in [-0.39, 0.29) is 18.5 Å². The summed E-state index contributed by atoms with van der Waals surface area (Å²) in [6, 6.07) is 26.6. The normalized spacial score (nSPS) is 13.9. The van der Waals surface area contributed by atoms with Gasteiger partial charge in [-0.05, 0) is 48.2 Å². The second-order valence-corrected chi connectivity index (χ2v) is 7.37. The van der Waals surface area contributed by atoms with E-state index >= 15 is 0 Å². The molecule has 0 unspecified atom stereocenters. The average Bonchev–Trinajstić information content (AvgIpc) is 3.61. The highest BCUT2D eigenvalue weighted by Gasteiger charge is 2.52. The van der Waals surface area contributed by atoms with Crippen molar-refractivity contribution in [3.63, 3.8) is 0 Å². The predicted octanol–water partition coefficient (Wildman–Crippen LogP) is 4.48. The molecule has 0 spiro atoms. The molecule has 3 aromatic carbocycles. The van der Waals surface area contributed by atoms with E-state index in [1.54, 1.807) is 24.3 Å². The van der Waals surface area contributed by atoms with E-state index in [0.29, 0.717) is 18.0 Å². The van der Waals surface area contributed by atoms with Crippen LogP contribution in [0, 0.1) is 0 Å². The molecule has 1 aliphatic carbocycles. The fourth-order valence-corrected chi connectivity index (χ4v) is 3.33. The minimum atomic E-state index is -0.584. The maximum absolute atomic E-state index is 12.5. The Bertz CT molecular complexity index is 996. The summed E-state index contributed by atoms with van der Waals surface area (Å²) in [5.41, 5.74) is 2.06. The largest absolute Gasteiger partial charge is 0.489 e. The highest BCUT2D eigenvalue weighted by atomic mass is 16.5. The first-order valence-electron chi connectivity index (χ1n) is 9.95. The maximum Gasteiger partial charge on any atom is 0.317 e. The number of amides is 1. The fourth-order valence-electron chi connectivity index (χ4n) is 3.33. The lowest BCUT2D eigenvalue weighted by molar-refractivity contribution is -0.150. The van der Waals surface area contributed by atoms with Crippen molar-refractivity contribution >= 4 is 17.6 Å². The molecule has 0 aromatic heterocycles. The van der Waals surface area contributed by atoms with Crippen molar-refractivity contribution in [1.29, 1.82) is 0 Å². The Morgan fingerprint density at radius 3 is 2.10 bits per heavy atom. The summed E-state index contributed by atoms with van der Waals surface area (Å²) in [5, 5.41) is 2.74. The molecule has 1 saturated carbocycles. The van der Waals surface area contributed by atoms with Crippen molar-refractivity contribution in [2.75, 3.05) is 11.9 Å². The van der Waals surface area contributed by atoms with Gasteiger partial charge in [0.05, 0.1) is 5.41 Å². The molecule has 1 fully saturated rings. The summed E-state index contributed by atoms with van der Waals surface area (Å²) in [6.45, 7) is 0.172. The van der Waals surface area contributed by atoms with Crippen molar-refractivity contribution in [3.05, 3.63) is 96.1 Å². The number of carbonyl (C=O) groups is 2. The van der Waals surface area contributed by atoms with Crippen LogP contribution in [0.15, 0.2) is 84.9 Å². The van der Waals surface area contributed by atoms with E-state index in [0.717, 1.165) is 24.0 Å². The van der Waals surface area contributed by atoms with E-state index < -0.39 is 5.41 Å². The van der Waals surface area contributed by atoms with E-state index in [1.807, 2.05) is 60.7 Å². The van der Waals surface area contributed by atoms with Crippen LogP contribution in [0.25, 0.3) is 0 Å². The van der Waals surface area contributed by atoms with Gasteiger partial charge in [-0.25, -0.2) is 0 Å². The van der Waals surface area contributed by atoms with Crippen molar-refractivity contribution in [2.24, 2.45) is 0 Å². The van der Waals surface area contributed by atoms with E-state index in [1.165, 1.54) is 0 Å². The molecule has 30 heavy (non-hydrogen) atoms.